The minimum Gasteiger partial charge on any atom is -0.397 e. The molecule has 1 rings (SSSR count). The molecule has 112 valence electrons. The van der Waals surface area contributed by atoms with Gasteiger partial charge in [-0.1, -0.05) is 11.6 Å². The Kier molecular flexibility index (Phi) is 6.78. The van der Waals surface area contributed by atoms with E-state index in [-0.39, 0.29) is 5.91 Å². The lowest BCUT2D eigenvalue weighted by molar-refractivity contribution is -0.117. The average Bonchev–Trinajstić information content (AvgIpc) is 2.32. The van der Waals surface area contributed by atoms with E-state index in [0.717, 1.165) is 19.5 Å². The molecule has 1 aromatic rings. The lowest BCUT2D eigenvalue weighted by atomic mass is 10.2. The van der Waals surface area contributed by atoms with Crippen LogP contribution < -0.4 is 11.1 Å². The molecule has 0 radical (unpaired) electrons. The van der Waals surface area contributed by atoms with Crippen molar-refractivity contribution >= 4 is 28.9 Å². The van der Waals surface area contributed by atoms with Crippen LogP contribution in [0.2, 0.25) is 5.02 Å². The van der Waals surface area contributed by atoms with Crippen molar-refractivity contribution in [1.82, 2.24) is 9.80 Å². The molecular weight excluding hydrogens is 276 g/mol. The first-order chi connectivity index (χ1) is 9.38. The molecular formula is C14H23ClN4O. The molecule has 0 unspecified atom stereocenters. The molecule has 0 aliphatic heterocycles. The first kappa shape index (κ1) is 16.8. The van der Waals surface area contributed by atoms with Crippen LogP contribution in [-0.2, 0) is 4.79 Å². The highest BCUT2D eigenvalue weighted by Gasteiger charge is 2.08. The Morgan fingerprint density at radius 3 is 2.60 bits per heavy atom. The van der Waals surface area contributed by atoms with E-state index in [1.165, 1.54) is 0 Å². The van der Waals surface area contributed by atoms with Crippen molar-refractivity contribution in [3.63, 3.8) is 0 Å². The number of anilines is 2. The zero-order chi connectivity index (χ0) is 15.1. The van der Waals surface area contributed by atoms with Gasteiger partial charge in [-0.15, -0.1) is 0 Å². The largest absolute Gasteiger partial charge is 0.397 e. The monoisotopic (exact) mass is 298 g/mol. The number of carbonyl (C=O) groups is 1. The van der Waals surface area contributed by atoms with Crippen LogP contribution in [0.15, 0.2) is 18.2 Å². The highest BCUT2D eigenvalue weighted by atomic mass is 35.5. The van der Waals surface area contributed by atoms with Crippen molar-refractivity contribution in [3.05, 3.63) is 23.2 Å². The van der Waals surface area contributed by atoms with Crippen LogP contribution in [0.4, 0.5) is 11.4 Å². The third-order valence-corrected chi connectivity index (χ3v) is 3.08. The zero-order valence-electron chi connectivity index (χ0n) is 12.3. The van der Waals surface area contributed by atoms with Crippen LogP contribution in [0.5, 0.6) is 0 Å². The maximum atomic E-state index is 11.9. The predicted octanol–water partition coefficient (Wildman–Crippen LogP) is 1.74. The van der Waals surface area contributed by atoms with E-state index < -0.39 is 0 Å². The minimum absolute atomic E-state index is 0.0774. The van der Waals surface area contributed by atoms with E-state index in [2.05, 4.69) is 10.2 Å². The first-order valence-electron chi connectivity index (χ1n) is 6.56. The van der Waals surface area contributed by atoms with Crippen molar-refractivity contribution in [1.29, 1.82) is 0 Å². The topological polar surface area (TPSA) is 61.6 Å². The summed E-state index contributed by atoms with van der Waals surface area (Å²) in [6.45, 7) is 2.23. The van der Waals surface area contributed by atoms with Gasteiger partial charge in [0.25, 0.3) is 0 Å². The maximum Gasteiger partial charge on any atom is 0.238 e. The molecule has 6 heteroatoms. The summed E-state index contributed by atoms with van der Waals surface area (Å²) in [4.78, 5) is 16.0. The van der Waals surface area contributed by atoms with Crippen molar-refractivity contribution in [2.24, 2.45) is 0 Å². The number of hydrogen-bond donors (Lipinski definition) is 2. The van der Waals surface area contributed by atoms with Gasteiger partial charge in [0.05, 0.1) is 17.9 Å². The van der Waals surface area contributed by atoms with Crippen LogP contribution in [0.1, 0.15) is 6.42 Å². The third-order valence-electron chi connectivity index (χ3n) is 2.85. The summed E-state index contributed by atoms with van der Waals surface area (Å²) in [5.74, 6) is -0.0774. The Bertz CT molecular complexity index is 451. The van der Waals surface area contributed by atoms with E-state index >= 15 is 0 Å². The molecule has 0 aliphatic rings. The van der Waals surface area contributed by atoms with E-state index in [9.17, 15) is 4.79 Å². The average molecular weight is 299 g/mol. The molecule has 0 fully saturated rings. The van der Waals surface area contributed by atoms with Crippen LogP contribution in [0.3, 0.4) is 0 Å². The number of nitrogen functional groups attached to an aromatic ring is 1. The second-order valence-corrected chi connectivity index (χ2v) is 5.61. The number of benzene rings is 1. The Balaban J connectivity index is 2.39. The number of halogens is 1. The minimum atomic E-state index is -0.0774. The van der Waals surface area contributed by atoms with E-state index in [0.29, 0.717) is 22.9 Å². The number of nitrogens with one attached hydrogen (secondary N) is 1. The quantitative estimate of drug-likeness (QED) is 0.753. The standard InChI is InChI=1S/C14H23ClN4O/c1-18(2)7-4-8-19(3)10-14(20)17-13-6-5-11(15)9-12(13)16/h5-6,9H,4,7-8,10,16H2,1-3H3,(H,17,20). The van der Waals surface area contributed by atoms with Gasteiger partial charge in [-0.25, -0.2) is 0 Å². The molecule has 1 aromatic carbocycles. The van der Waals surface area contributed by atoms with Gasteiger partial charge in [0.15, 0.2) is 0 Å². The SMILES string of the molecule is CN(C)CCCN(C)CC(=O)Nc1ccc(Cl)cc1N. The number of rotatable bonds is 7. The van der Waals surface area contributed by atoms with Gasteiger partial charge in [-0.3, -0.25) is 9.69 Å². The van der Waals surface area contributed by atoms with E-state index in [4.69, 9.17) is 17.3 Å². The molecule has 0 aromatic heterocycles. The summed E-state index contributed by atoms with van der Waals surface area (Å²) >= 11 is 5.82. The number of nitrogens with two attached hydrogens (primary N) is 1. The van der Waals surface area contributed by atoms with Gasteiger partial charge in [0.1, 0.15) is 0 Å². The summed E-state index contributed by atoms with van der Waals surface area (Å²) in [5.41, 5.74) is 6.87. The number of likely N-dealkylation sites (N-methyl/N-ethyl adjacent to an activating group) is 1. The summed E-state index contributed by atoms with van der Waals surface area (Å²) < 4.78 is 0. The Labute approximate surface area is 125 Å². The zero-order valence-corrected chi connectivity index (χ0v) is 13.1. The molecule has 0 atom stereocenters. The van der Waals surface area contributed by atoms with Gasteiger partial charge < -0.3 is 16.0 Å². The van der Waals surface area contributed by atoms with Gasteiger partial charge in [0, 0.05) is 5.02 Å². The molecule has 20 heavy (non-hydrogen) atoms. The molecule has 0 aliphatic carbocycles. The lowest BCUT2D eigenvalue weighted by Gasteiger charge is -2.18. The van der Waals surface area contributed by atoms with Gasteiger partial charge >= 0.3 is 0 Å². The molecule has 0 heterocycles. The Morgan fingerprint density at radius 2 is 2.00 bits per heavy atom. The Morgan fingerprint density at radius 1 is 1.30 bits per heavy atom. The molecule has 3 N–H and O–H groups in total. The summed E-state index contributed by atoms with van der Waals surface area (Å²) in [6, 6.07) is 5.04. The molecule has 0 saturated carbocycles. The van der Waals surface area contributed by atoms with Crippen LogP contribution in [-0.4, -0.2) is 56.5 Å². The number of nitrogens with zero attached hydrogens (tertiary/aromatic N) is 2. The maximum absolute atomic E-state index is 11.9. The molecule has 1 amide bonds. The molecule has 0 bridgehead atoms. The highest BCUT2D eigenvalue weighted by molar-refractivity contribution is 6.31. The molecule has 5 nitrogen and oxygen atoms in total. The molecule has 0 saturated heterocycles. The van der Waals surface area contributed by atoms with Crippen LogP contribution >= 0.6 is 11.6 Å². The number of carbonyl (C=O) groups excluding carboxylic acids is 1. The summed E-state index contributed by atoms with van der Waals surface area (Å²) in [5, 5.41) is 3.35. The van der Waals surface area contributed by atoms with Crippen LogP contribution in [0.25, 0.3) is 0 Å². The highest BCUT2D eigenvalue weighted by Crippen LogP contribution is 2.22. The fourth-order valence-electron chi connectivity index (χ4n) is 1.82. The van der Waals surface area contributed by atoms with Crippen molar-refractivity contribution < 1.29 is 4.79 Å². The first-order valence-corrected chi connectivity index (χ1v) is 6.94. The van der Waals surface area contributed by atoms with Gasteiger partial charge in [-0.05, 0) is 58.9 Å². The second kappa shape index (κ2) is 8.09. The fraction of sp³-hybridized carbons (Fsp3) is 0.500. The van der Waals surface area contributed by atoms with Gasteiger partial charge in [0.2, 0.25) is 5.91 Å². The lowest BCUT2D eigenvalue weighted by Crippen LogP contribution is -2.32. The fourth-order valence-corrected chi connectivity index (χ4v) is 2.00. The van der Waals surface area contributed by atoms with E-state index in [1.807, 2.05) is 26.0 Å². The van der Waals surface area contributed by atoms with Crippen molar-refractivity contribution in [2.45, 2.75) is 6.42 Å². The summed E-state index contributed by atoms with van der Waals surface area (Å²) in [6.07, 6.45) is 1.03. The third kappa shape index (κ3) is 6.23. The molecule has 0 spiro atoms. The van der Waals surface area contributed by atoms with Crippen molar-refractivity contribution in [2.75, 3.05) is 51.8 Å². The van der Waals surface area contributed by atoms with E-state index in [1.54, 1.807) is 18.2 Å². The van der Waals surface area contributed by atoms with Gasteiger partial charge in [-0.2, -0.15) is 0 Å². The summed E-state index contributed by atoms with van der Waals surface area (Å²) in [7, 11) is 6.01. The smallest absolute Gasteiger partial charge is 0.238 e. The number of hydrogen-bond acceptors (Lipinski definition) is 4. The normalized spacial score (nSPS) is 11.1. The van der Waals surface area contributed by atoms with Crippen LogP contribution in [0, 0.1) is 0 Å². The second-order valence-electron chi connectivity index (χ2n) is 5.17. The Hall–Kier alpha value is -1.30. The van der Waals surface area contributed by atoms with Crippen molar-refractivity contribution in [3.8, 4) is 0 Å². The number of amides is 1. The predicted molar refractivity (Wildman–Crippen MR) is 85.2 cm³/mol.